The first-order valence-corrected chi connectivity index (χ1v) is 6.82. The van der Waals surface area contributed by atoms with E-state index in [9.17, 15) is 4.79 Å². The van der Waals surface area contributed by atoms with Crippen molar-refractivity contribution in [2.45, 2.75) is 0 Å². The Morgan fingerprint density at radius 1 is 1.21 bits per heavy atom. The number of rotatable bonds is 2. The van der Waals surface area contributed by atoms with Gasteiger partial charge in [-0.05, 0) is 65.1 Å². The van der Waals surface area contributed by atoms with E-state index in [1.165, 1.54) is 0 Å². The van der Waals surface area contributed by atoms with E-state index in [1.807, 2.05) is 12.1 Å². The van der Waals surface area contributed by atoms with Crippen LogP contribution >= 0.6 is 34.2 Å². The van der Waals surface area contributed by atoms with Crippen molar-refractivity contribution in [2.24, 2.45) is 0 Å². The van der Waals surface area contributed by atoms with Gasteiger partial charge < -0.3 is 5.32 Å². The Morgan fingerprint density at radius 3 is 2.53 bits per heavy atom. The zero-order chi connectivity index (χ0) is 13.8. The van der Waals surface area contributed by atoms with Gasteiger partial charge in [-0.2, -0.15) is 5.26 Å². The van der Waals surface area contributed by atoms with Crippen LogP contribution in [0.4, 0.5) is 5.69 Å². The summed E-state index contributed by atoms with van der Waals surface area (Å²) in [5, 5.41) is 11.9. The van der Waals surface area contributed by atoms with Crippen LogP contribution in [0.3, 0.4) is 0 Å². The Morgan fingerprint density at radius 2 is 1.89 bits per heavy atom. The lowest BCUT2D eigenvalue weighted by Gasteiger charge is -2.07. The Labute approximate surface area is 129 Å². The Balaban J connectivity index is 2.21. The van der Waals surface area contributed by atoms with Crippen molar-refractivity contribution >= 4 is 45.8 Å². The van der Waals surface area contributed by atoms with Gasteiger partial charge in [-0.3, -0.25) is 4.79 Å². The van der Waals surface area contributed by atoms with Gasteiger partial charge in [0.1, 0.15) is 0 Å². The largest absolute Gasteiger partial charge is 0.321 e. The first kappa shape index (κ1) is 13.8. The van der Waals surface area contributed by atoms with Gasteiger partial charge >= 0.3 is 0 Å². The van der Waals surface area contributed by atoms with Gasteiger partial charge in [0.05, 0.1) is 22.3 Å². The van der Waals surface area contributed by atoms with Crippen molar-refractivity contribution in [3.8, 4) is 6.07 Å². The normalized spacial score (nSPS) is 9.74. The molecule has 0 atom stereocenters. The summed E-state index contributed by atoms with van der Waals surface area (Å²) in [6, 6.07) is 13.8. The van der Waals surface area contributed by atoms with Crippen molar-refractivity contribution in [2.75, 3.05) is 5.32 Å². The van der Waals surface area contributed by atoms with E-state index in [1.54, 1.807) is 36.4 Å². The summed E-state index contributed by atoms with van der Waals surface area (Å²) in [5.41, 5.74) is 1.57. The molecule has 5 heteroatoms. The second-order valence-corrected chi connectivity index (χ2v) is 5.42. The zero-order valence-electron chi connectivity index (χ0n) is 9.65. The molecule has 0 radical (unpaired) electrons. The van der Waals surface area contributed by atoms with E-state index in [0.29, 0.717) is 21.8 Å². The Hall–Kier alpha value is -1.58. The summed E-state index contributed by atoms with van der Waals surface area (Å²) >= 11 is 8.16. The highest BCUT2D eigenvalue weighted by atomic mass is 127. The summed E-state index contributed by atoms with van der Waals surface area (Å²) in [6.45, 7) is 0. The number of anilines is 1. The third kappa shape index (κ3) is 3.46. The molecule has 0 aromatic heterocycles. The van der Waals surface area contributed by atoms with Crippen molar-refractivity contribution in [1.82, 2.24) is 0 Å². The molecule has 0 fully saturated rings. The average Bonchev–Trinajstić information content (AvgIpc) is 2.43. The van der Waals surface area contributed by atoms with E-state index in [-0.39, 0.29) is 5.91 Å². The third-order valence-electron chi connectivity index (χ3n) is 2.45. The van der Waals surface area contributed by atoms with Gasteiger partial charge in [0.2, 0.25) is 0 Å². The molecule has 0 unspecified atom stereocenters. The minimum atomic E-state index is -0.256. The monoisotopic (exact) mass is 382 g/mol. The van der Waals surface area contributed by atoms with Crippen molar-refractivity contribution < 1.29 is 4.79 Å². The van der Waals surface area contributed by atoms with Gasteiger partial charge in [0, 0.05) is 9.13 Å². The second-order valence-electron chi connectivity index (χ2n) is 3.77. The fourth-order valence-corrected chi connectivity index (χ4v) is 2.14. The standard InChI is InChI=1S/C14H8ClIN2O/c15-12-6-5-11(16)7-13(12)18-14(19)10-3-1-9(8-17)2-4-10/h1-7H,(H,18,19). The first-order chi connectivity index (χ1) is 9.10. The second kappa shape index (κ2) is 6.04. The Kier molecular flexibility index (Phi) is 4.40. The van der Waals surface area contributed by atoms with E-state index in [4.69, 9.17) is 16.9 Å². The maximum Gasteiger partial charge on any atom is 0.255 e. The van der Waals surface area contributed by atoms with Gasteiger partial charge in [0.25, 0.3) is 5.91 Å². The molecule has 1 N–H and O–H groups in total. The molecule has 19 heavy (non-hydrogen) atoms. The van der Waals surface area contributed by atoms with Crippen molar-refractivity contribution in [1.29, 1.82) is 5.26 Å². The quantitative estimate of drug-likeness (QED) is 0.796. The number of halogens is 2. The van der Waals surface area contributed by atoms with Crippen LogP contribution in [0.25, 0.3) is 0 Å². The number of carbonyl (C=O) groups is 1. The van der Waals surface area contributed by atoms with E-state index >= 15 is 0 Å². The van der Waals surface area contributed by atoms with Gasteiger partial charge in [0.15, 0.2) is 0 Å². The number of nitriles is 1. The SMILES string of the molecule is N#Cc1ccc(C(=O)Nc2cc(I)ccc2Cl)cc1. The van der Waals surface area contributed by atoms with Crippen LogP contribution < -0.4 is 5.32 Å². The summed E-state index contributed by atoms with van der Waals surface area (Å²) in [7, 11) is 0. The molecule has 3 nitrogen and oxygen atoms in total. The fourth-order valence-electron chi connectivity index (χ4n) is 1.48. The molecule has 0 aliphatic rings. The molecule has 0 heterocycles. The molecule has 0 saturated heterocycles. The van der Waals surface area contributed by atoms with Crippen LogP contribution in [0.1, 0.15) is 15.9 Å². The van der Waals surface area contributed by atoms with Crippen LogP contribution in [0.15, 0.2) is 42.5 Å². The molecule has 0 spiro atoms. The molecule has 0 aliphatic carbocycles. The van der Waals surface area contributed by atoms with Crippen LogP contribution in [0.2, 0.25) is 5.02 Å². The lowest BCUT2D eigenvalue weighted by molar-refractivity contribution is 0.102. The predicted molar refractivity (Wildman–Crippen MR) is 83.3 cm³/mol. The minimum absolute atomic E-state index is 0.256. The highest BCUT2D eigenvalue weighted by molar-refractivity contribution is 14.1. The van der Waals surface area contributed by atoms with Gasteiger partial charge in [-0.1, -0.05) is 11.6 Å². The molecule has 1 amide bonds. The highest BCUT2D eigenvalue weighted by Gasteiger charge is 2.08. The van der Waals surface area contributed by atoms with Gasteiger partial charge in [-0.25, -0.2) is 0 Å². The molecule has 2 rings (SSSR count). The summed E-state index contributed by atoms with van der Waals surface area (Å²) in [5.74, 6) is -0.256. The number of hydrogen-bond acceptors (Lipinski definition) is 2. The number of amides is 1. The number of nitrogens with zero attached hydrogens (tertiary/aromatic N) is 1. The smallest absolute Gasteiger partial charge is 0.255 e. The zero-order valence-corrected chi connectivity index (χ0v) is 12.6. The van der Waals surface area contributed by atoms with E-state index in [2.05, 4.69) is 27.9 Å². The minimum Gasteiger partial charge on any atom is -0.321 e. The lowest BCUT2D eigenvalue weighted by Crippen LogP contribution is -2.12. The van der Waals surface area contributed by atoms with Crippen molar-refractivity contribution in [3.05, 3.63) is 62.2 Å². The molecular formula is C14H8ClIN2O. The third-order valence-corrected chi connectivity index (χ3v) is 3.45. The molecule has 94 valence electrons. The molecule has 0 bridgehead atoms. The highest BCUT2D eigenvalue weighted by Crippen LogP contribution is 2.24. The Bertz CT molecular complexity index is 662. The number of carbonyl (C=O) groups excluding carboxylic acids is 1. The van der Waals surface area contributed by atoms with Gasteiger partial charge in [-0.15, -0.1) is 0 Å². The number of hydrogen-bond donors (Lipinski definition) is 1. The summed E-state index contributed by atoms with van der Waals surface area (Å²) in [4.78, 5) is 12.0. The number of nitrogens with one attached hydrogen (secondary N) is 1. The fraction of sp³-hybridized carbons (Fsp3) is 0. The lowest BCUT2D eigenvalue weighted by atomic mass is 10.1. The maximum absolute atomic E-state index is 12.0. The summed E-state index contributed by atoms with van der Waals surface area (Å²) in [6.07, 6.45) is 0. The predicted octanol–water partition coefficient (Wildman–Crippen LogP) is 4.07. The maximum atomic E-state index is 12.0. The van der Waals surface area contributed by atoms with Crippen molar-refractivity contribution in [3.63, 3.8) is 0 Å². The average molecular weight is 383 g/mol. The van der Waals surface area contributed by atoms with Crippen LogP contribution in [0.5, 0.6) is 0 Å². The van der Waals surface area contributed by atoms with E-state index in [0.717, 1.165) is 3.57 Å². The van der Waals surface area contributed by atoms with Crippen LogP contribution in [-0.4, -0.2) is 5.91 Å². The molecule has 2 aromatic rings. The molecule has 2 aromatic carbocycles. The molecular weight excluding hydrogens is 375 g/mol. The topological polar surface area (TPSA) is 52.9 Å². The number of benzene rings is 2. The van der Waals surface area contributed by atoms with E-state index < -0.39 is 0 Å². The molecule has 0 aliphatic heterocycles. The first-order valence-electron chi connectivity index (χ1n) is 5.37. The summed E-state index contributed by atoms with van der Waals surface area (Å²) < 4.78 is 0.983. The van der Waals surface area contributed by atoms with Crippen LogP contribution in [0, 0.1) is 14.9 Å². The van der Waals surface area contributed by atoms with Crippen LogP contribution in [-0.2, 0) is 0 Å². The molecule has 0 saturated carbocycles.